The van der Waals surface area contributed by atoms with Gasteiger partial charge in [-0.25, -0.2) is 4.98 Å². The number of hydrogen-bond donors (Lipinski definition) is 0. The van der Waals surface area contributed by atoms with E-state index < -0.39 is 11.7 Å². The molecule has 1 aromatic carbocycles. The van der Waals surface area contributed by atoms with E-state index in [1.54, 1.807) is 18.6 Å². The van der Waals surface area contributed by atoms with Crippen molar-refractivity contribution in [2.24, 2.45) is 0 Å². The van der Waals surface area contributed by atoms with Crippen molar-refractivity contribution >= 4 is 5.91 Å². The van der Waals surface area contributed by atoms with Crippen LogP contribution in [0.1, 0.15) is 32.9 Å². The molecule has 1 amide bonds. The average molecular weight is 443 g/mol. The molecular weight excluding hydrogens is 419 g/mol. The Balaban J connectivity index is 1.39. The molecule has 0 atom stereocenters. The lowest BCUT2D eigenvalue weighted by molar-refractivity contribution is -0.137. The highest BCUT2D eigenvalue weighted by Crippen LogP contribution is 2.29. The third-order valence-corrected chi connectivity index (χ3v) is 5.79. The van der Waals surface area contributed by atoms with Crippen molar-refractivity contribution in [1.29, 1.82) is 0 Å². The fourth-order valence-corrected chi connectivity index (χ4v) is 4.08. The van der Waals surface area contributed by atoms with Crippen LogP contribution in [0.25, 0.3) is 5.82 Å². The average Bonchev–Trinajstić information content (AvgIpc) is 3.08. The van der Waals surface area contributed by atoms with Crippen molar-refractivity contribution in [1.82, 2.24) is 24.3 Å². The van der Waals surface area contributed by atoms with E-state index in [4.69, 9.17) is 0 Å². The SMILES string of the molecule is Cc1cc(C(=O)N2CCN(Cc3ccc(C(F)(F)F)cc3)CC2)c(C)n1-c1cnccn1. The van der Waals surface area contributed by atoms with E-state index in [0.717, 1.165) is 29.1 Å². The molecule has 1 saturated heterocycles. The van der Waals surface area contributed by atoms with Crippen molar-refractivity contribution in [2.75, 3.05) is 26.2 Å². The summed E-state index contributed by atoms with van der Waals surface area (Å²) in [6.07, 6.45) is 0.556. The van der Waals surface area contributed by atoms with Gasteiger partial charge in [0.2, 0.25) is 0 Å². The molecular formula is C23H24F3N5O. The molecule has 0 bridgehead atoms. The molecule has 32 heavy (non-hydrogen) atoms. The predicted molar refractivity (Wildman–Crippen MR) is 113 cm³/mol. The summed E-state index contributed by atoms with van der Waals surface area (Å²) in [4.78, 5) is 25.6. The maximum absolute atomic E-state index is 13.2. The molecule has 0 unspecified atom stereocenters. The van der Waals surface area contributed by atoms with Crippen LogP contribution >= 0.6 is 0 Å². The van der Waals surface area contributed by atoms with Gasteiger partial charge < -0.3 is 9.47 Å². The monoisotopic (exact) mass is 443 g/mol. The Bertz CT molecular complexity index is 1090. The van der Waals surface area contributed by atoms with Crippen LogP contribution in [0.15, 0.2) is 48.9 Å². The minimum Gasteiger partial charge on any atom is -0.336 e. The topological polar surface area (TPSA) is 54.3 Å². The summed E-state index contributed by atoms with van der Waals surface area (Å²) in [5, 5.41) is 0. The summed E-state index contributed by atoms with van der Waals surface area (Å²) in [7, 11) is 0. The highest BCUT2D eigenvalue weighted by atomic mass is 19.4. The normalized spacial score (nSPS) is 15.2. The van der Waals surface area contributed by atoms with Crippen LogP contribution in [0.5, 0.6) is 0 Å². The van der Waals surface area contributed by atoms with E-state index in [9.17, 15) is 18.0 Å². The Morgan fingerprint density at radius 1 is 1.03 bits per heavy atom. The van der Waals surface area contributed by atoms with Gasteiger partial charge in [-0.3, -0.25) is 14.7 Å². The third kappa shape index (κ3) is 4.52. The number of nitrogens with zero attached hydrogens (tertiary/aromatic N) is 5. The summed E-state index contributed by atoms with van der Waals surface area (Å²) in [6.45, 7) is 6.84. The number of rotatable bonds is 4. The lowest BCUT2D eigenvalue weighted by atomic mass is 10.1. The van der Waals surface area contributed by atoms with E-state index in [-0.39, 0.29) is 5.91 Å². The first-order chi connectivity index (χ1) is 15.2. The van der Waals surface area contributed by atoms with Gasteiger partial charge in [0.15, 0.2) is 5.82 Å². The van der Waals surface area contributed by atoms with E-state index in [2.05, 4.69) is 14.9 Å². The molecule has 9 heteroatoms. The van der Waals surface area contributed by atoms with Gasteiger partial charge in [-0.2, -0.15) is 13.2 Å². The number of piperazine rings is 1. The van der Waals surface area contributed by atoms with Crippen LogP contribution in [-0.4, -0.2) is 56.4 Å². The van der Waals surface area contributed by atoms with Crippen LogP contribution in [0.2, 0.25) is 0 Å². The Hall–Kier alpha value is -3.20. The van der Waals surface area contributed by atoms with Gasteiger partial charge in [0.1, 0.15) is 0 Å². The van der Waals surface area contributed by atoms with Crippen molar-refractivity contribution in [3.8, 4) is 5.82 Å². The summed E-state index contributed by atoms with van der Waals surface area (Å²) in [5.41, 5.74) is 2.55. The molecule has 0 radical (unpaired) electrons. The minimum atomic E-state index is -4.33. The summed E-state index contributed by atoms with van der Waals surface area (Å²) >= 11 is 0. The van der Waals surface area contributed by atoms with Gasteiger partial charge in [0, 0.05) is 56.5 Å². The van der Waals surface area contributed by atoms with Crippen molar-refractivity contribution < 1.29 is 18.0 Å². The third-order valence-electron chi connectivity index (χ3n) is 5.79. The molecule has 168 valence electrons. The van der Waals surface area contributed by atoms with Crippen LogP contribution in [0, 0.1) is 13.8 Å². The standard InChI is InChI=1S/C23H24F3N5O/c1-16-13-20(17(2)31(16)21-14-27-7-8-28-21)22(32)30-11-9-29(10-12-30)15-18-3-5-19(6-4-18)23(24,25)26/h3-8,13-14H,9-12,15H2,1-2H3. The molecule has 0 aliphatic carbocycles. The molecule has 0 saturated carbocycles. The first-order valence-corrected chi connectivity index (χ1v) is 10.4. The molecule has 3 heterocycles. The van der Waals surface area contributed by atoms with Crippen LogP contribution < -0.4 is 0 Å². The first-order valence-electron chi connectivity index (χ1n) is 10.4. The summed E-state index contributed by atoms with van der Waals surface area (Å²) in [6, 6.07) is 7.13. The summed E-state index contributed by atoms with van der Waals surface area (Å²) < 4.78 is 40.1. The maximum Gasteiger partial charge on any atom is 0.416 e. The zero-order chi connectivity index (χ0) is 22.9. The number of aryl methyl sites for hydroxylation is 1. The number of aromatic nitrogens is 3. The Kier molecular flexibility index (Phi) is 6.01. The van der Waals surface area contributed by atoms with Crippen LogP contribution in [-0.2, 0) is 12.7 Å². The number of benzene rings is 1. The molecule has 0 spiro atoms. The molecule has 1 fully saturated rings. The Labute approximate surface area is 184 Å². The Morgan fingerprint density at radius 3 is 2.31 bits per heavy atom. The van der Waals surface area contributed by atoms with Crippen LogP contribution in [0.3, 0.4) is 0 Å². The molecule has 0 N–H and O–H groups in total. The second-order valence-corrected chi connectivity index (χ2v) is 7.95. The predicted octanol–water partition coefficient (Wildman–Crippen LogP) is 3.86. The second-order valence-electron chi connectivity index (χ2n) is 7.95. The van der Waals surface area contributed by atoms with Gasteiger partial charge in [-0.05, 0) is 37.6 Å². The fraction of sp³-hybridized carbons (Fsp3) is 0.348. The molecule has 3 aromatic rings. The lowest BCUT2D eigenvalue weighted by Crippen LogP contribution is -2.48. The van der Waals surface area contributed by atoms with Crippen molar-refractivity contribution in [3.63, 3.8) is 0 Å². The Morgan fingerprint density at radius 2 is 1.72 bits per heavy atom. The quantitative estimate of drug-likeness (QED) is 0.615. The number of halogens is 3. The smallest absolute Gasteiger partial charge is 0.336 e. The van der Waals surface area contributed by atoms with Crippen molar-refractivity contribution in [2.45, 2.75) is 26.6 Å². The zero-order valence-corrected chi connectivity index (χ0v) is 17.9. The first kappa shape index (κ1) is 22.0. The van der Waals surface area contributed by atoms with E-state index in [0.29, 0.717) is 44.1 Å². The maximum atomic E-state index is 13.2. The fourth-order valence-electron chi connectivity index (χ4n) is 4.08. The molecule has 6 nitrogen and oxygen atoms in total. The molecule has 1 aliphatic rings. The highest BCUT2D eigenvalue weighted by Gasteiger charge is 2.30. The largest absolute Gasteiger partial charge is 0.416 e. The summed E-state index contributed by atoms with van der Waals surface area (Å²) in [5.74, 6) is 0.644. The molecule has 1 aliphatic heterocycles. The van der Waals surface area contributed by atoms with Gasteiger partial charge in [0.05, 0.1) is 17.3 Å². The number of alkyl halides is 3. The molecule has 4 rings (SSSR count). The molecule has 2 aromatic heterocycles. The van der Waals surface area contributed by atoms with E-state index >= 15 is 0 Å². The van der Waals surface area contributed by atoms with Gasteiger partial charge in [0.25, 0.3) is 5.91 Å². The number of carbonyl (C=O) groups excluding carboxylic acids is 1. The zero-order valence-electron chi connectivity index (χ0n) is 17.9. The van der Waals surface area contributed by atoms with E-state index in [1.165, 1.54) is 12.1 Å². The van der Waals surface area contributed by atoms with Gasteiger partial charge >= 0.3 is 6.18 Å². The number of hydrogen-bond acceptors (Lipinski definition) is 4. The lowest BCUT2D eigenvalue weighted by Gasteiger charge is -2.34. The van der Waals surface area contributed by atoms with Gasteiger partial charge in [-0.15, -0.1) is 0 Å². The van der Waals surface area contributed by atoms with Crippen LogP contribution in [0.4, 0.5) is 13.2 Å². The minimum absolute atomic E-state index is 0.0255. The van der Waals surface area contributed by atoms with Crippen molar-refractivity contribution in [3.05, 3.63) is 77.0 Å². The van der Waals surface area contributed by atoms with Gasteiger partial charge in [-0.1, -0.05) is 12.1 Å². The number of carbonyl (C=O) groups is 1. The second kappa shape index (κ2) is 8.74. The number of amides is 1. The highest BCUT2D eigenvalue weighted by molar-refractivity contribution is 5.96. The van der Waals surface area contributed by atoms with E-state index in [1.807, 2.05) is 29.4 Å².